The Hall–Kier alpha value is -2.38. The molecule has 0 bridgehead atoms. The molecular formula is C23H38N6O. The summed E-state index contributed by atoms with van der Waals surface area (Å²) in [5.74, 6) is 1.83. The highest BCUT2D eigenvalue weighted by Gasteiger charge is 2.05. The first-order valence-electron chi connectivity index (χ1n) is 11.0. The van der Waals surface area contributed by atoms with E-state index in [4.69, 9.17) is 9.73 Å². The van der Waals surface area contributed by atoms with Gasteiger partial charge in [0.1, 0.15) is 12.4 Å². The molecule has 30 heavy (non-hydrogen) atoms. The first-order valence-corrected chi connectivity index (χ1v) is 11.0. The van der Waals surface area contributed by atoms with Crippen molar-refractivity contribution >= 4 is 5.96 Å². The number of aromatic nitrogens is 2. The zero-order chi connectivity index (χ0) is 21.4. The van der Waals surface area contributed by atoms with E-state index < -0.39 is 0 Å². The van der Waals surface area contributed by atoms with Crippen LogP contribution in [0.1, 0.15) is 31.2 Å². The number of benzene rings is 1. The molecule has 7 heteroatoms. The molecule has 166 valence electrons. The highest BCUT2D eigenvalue weighted by Crippen LogP contribution is 2.06. The van der Waals surface area contributed by atoms with Crippen molar-refractivity contribution in [3.05, 3.63) is 54.1 Å². The number of nitrogens with one attached hydrogen (secondary N) is 2. The molecule has 1 aromatic carbocycles. The van der Waals surface area contributed by atoms with Gasteiger partial charge in [-0.05, 0) is 38.8 Å². The minimum atomic E-state index is 0.567. The van der Waals surface area contributed by atoms with Crippen LogP contribution in [0.2, 0.25) is 0 Å². The standard InChI is InChI=1S/C23H38N6O/c1-4-24-23(26-13-17-28(2)15-9-19-30-3)27-20-22-25-14-18-29(22)16-8-12-21-10-6-5-7-11-21/h5-7,10-11,14,18H,4,8-9,12-13,15-17,19-20H2,1-3H3,(H2,24,26,27). The van der Waals surface area contributed by atoms with Gasteiger partial charge in [0.15, 0.2) is 5.96 Å². The van der Waals surface area contributed by atoms with Crippen molar-refractivity contribution < 1.29 is 4.74 Å². The number of hydrogen-bond donors (Lipinski definition) is 2. The van der Waals surface area contributed by atoms with Gasteiger partial charge in [0.2, 0.25) is 0 Å². The largest absolute Gasteiger partial charge is 0.385 e. The van der Waals surface area contributed by atoms with Crippen LogP contribution in [0.5, 0.6) is 0 Å². The Kier molecular flexibility index (Phi) is 11.6. The predicted molar refractivity (Wildman–Crippen MR) is 124 cm³/mol. The van der Waals surface area contributed by atoms with Crippen LogP contribution in [0.4, 0.5) is 0 Å². The second kappa shape index (κ2) is 14.6. The van der Waals surface area contributed by atoms with Crippen molar-refractivity contribution in [3.8, 4) is 0 Å². The molecule has 0 saturated heterocycles. The molecule has 0 fully saturated rings. The molecule has 0 atom stereocenters. The van der Waals surface area contributed by atoms with E-state index in [1.165, 1.54) is 5.56 Å². The lowest BCUT2D eigenvalue weighted by Crippen LogP contribution is -2.41. The molecule has 2 N–H and O–H groups in total. The zero-order valence-corrected chi connectivity index (χ0v) is 18.8. The lowest BCUT2D eigenvalue weighted by molar-refractivity contribution is 0.180. The van der Waals surface area contributed by atoms with Crippen LogP contribution in [-0.4, -0.2) is 67.4 Å². The monoisotopic (exact) mass is 414 g/mol. The first kappa shape index (κ1) is 23.9. The molecule has 1 aromatic heterocycles. The van der Waals surface area contributed by atoms with Crippen molar-refractivity contribution in [2.45, 2.75) is 39.3 Å². The third-order valence-electron chi connectivity index (χ3n) is 4.91. The zero-order valence-electron chi connectivity index (χ0n) is 18.8. The second-order valence-electron chi connectivity index (χ2n) is 7.40. The third kappa shape index (κ3) is 9.41. The van der Waals surface area contributed by atoms with E-state index in [0.29, 0.717) is 6.54 Å². The molecular weight excluding hydrogens is 376 g/mol. The maximum atomic E-state index is 5.11. The first-order chi connectivity index (χ1) is 14.7. The van der Waals surface area contributed by atoms with Crippen molar-refractivity contribution in [2.75, 3.05) is 46.9 Å². The summed E-state index contributed by atoms with van der Waals surface area (Å²) in [7, 11) is 3.88. The quantitative estimate of drug-likeness (QED) is 0.283. The van der Waals surface area contributed by atoms with Crippen molar-refractivity contribution in [1.29, 1.82) is 0 Å². The van der Waals surface area contributed by atoms with Crippen molar-refractivity contribution in [2.24, 2.45) is 4.99 Å². The van der Waals surface area contributed by atoms with Gasteiger partial charge < -0.3 is 24.8 Å². The fourth-order valence-corrected chi connectivity index (χ4v) is 3.24. The Balaban J connectivity index is 1.77. The van der Waals surface area contributed by atoms with Gasteiger partial charge in [-0.3, -0.25) is 0 Å². The number of aliphatic imine (C=N–C) groups is 1. The minimum Gasteiger partial charge on any atom is -0.385 e. The number of hydrogen-bond acceptors (Lipinski definition) is 4. The summed E-state index contributed by atoms with van der Waals surface area (Å²) in [5, 5.41) is 6.74. The molecule has 7 nitrogen and oxygen atoms in total. The van der Waals surface area contributed by atoms with Crippen LogP contribution in [-0.2, 0) is 24.2 Å². The summed E-state index contributed by atoms with van der Waals surface area (Å²) in [6, 6.07) is 10.6. The fraction of sp³-hybridized carbons (Fsp3) is 0.565. The molecule has 2 rings (SSSR count). The van der Waals surface area contributed by atoms with Gasteiger partial charge in [-0.25, -0.2) is 9.98 Å². The van der Waals surface area contributed by atoms with E-state index in [-0.39, 0.29) is 0 Å². The molecule has 0 aliphatic heterocycles. The van der Waals surface area contributed by atoms with Crippen LogP contribution in [0.3, 0.4) is 0 Å². The van der Waals surface area contributed by atoms with Gasteiger partial charge in [-0.1, -0.05) is 30.3 Å². The molecule has 0 amide bonds. The van der Waals surface area contributed by atoms with E-state index in [1.54, 1.807) is 7.11 Å². The number of likely N-dealkylation sites (N-methyl/N-ethyl adjacent to an activating group) is 1. The number of rotatable bonds is 14. The number of guanidine groups is 1. The van der Waals surface area contributed by atoms with Gasteiger partial charge in [-0.2, -0.15) is 0 Å². The van der Waals surface area contributed by atoms with Gasteiger partial charge in [-0.15, -0.1) is 0 Å². The Morgan fingerprint density at radius 1 is 1.17 bits per heavy atom. The number of methoxy groups -OCH3 is 1. The molecule has 0 aliphatic carbocycles. The SMILES string of the molecule is CCNC(=NCc1nccn1CCCc1ccccc1)NCCN(C)CCCOC. The summed E-state index contributed by atoms with van der Waals surface area (Å²) in [6.45, 7) is 8.08. The lowest BCUT2D eigenvalue weighted by atomic mass is 10.1. The van der Waals surface area contributed by atoms with Crippen LogP contribution < -0.4 is 10.6 Å². The summed E-state index contributed by atoms with van der Waals surface area (Å²) < 4.78 is 7.32. The lowest BCUT2D eigenvalue weighted by Gasteiger charge is -2.18. The average Bonchev–Trinajstić information content (AvgIpc) is 3.20. The molecule has 0 spiro atoms. The molecule has 0 unspecified atom stereocenters. The fourth-order valence-electron chi connectivity index (χ4n) is 3.24. The smallest absolute Gasteiger partial charge is 0.191 e. The van der Waals surface area contributed by atoms with E-state index in [2.05, 4.69) is 69.4 Å². The van der Waals surface area contributed by atoms with Gasteiger partial charge in [0, 0.05) is 58.8 Å². The number of aryl methyl sites for hydroxylation is 2. The highest BCUT2D eigenvalue weighted by molar-refractivity contribution is 5.79. The predicted octanol–water partition coefficient (Wildman–Crippen LogP) is 2.54. The molecule has 0 saturated carbocycles. The maximum Gasteiger partial charge on any atom is 0.191 e. The Labute approximate surface area is 181 Å². The summed E-state index contributed by atoms with van der Waals surface area (Å²) in [5.41, 5.74) is 1.38. The summed E-state index contributed by atoms with van der Waals surface area (Å²) in [6.07, 6.45) is 7.12. The molecule has 1 heterocycles. The average molecular weight is 415 g/mol. The molecule has 0 radical (unpaired) electrons. The second-order valence-corrected chi connectivity index (χ2v) is 7.40. The topological polar surface area (TPSA) is 66.7 Å². The van der Waals surface area contributed by atoms with Crippen LogP contribution >= 0.6 is 0 Å². The van der Waals surface area contributed by atoms with E-state index in [0.717, 1.165) is 70.4 Å². The van der Waals surface area contributed by atoms with Gasteiger partial charge in [0.25, 0.3) is 0 Å². The number of imidazole rings is 1. The Morgan fingerprint density at radius 3 is 2.77 bits per heavy atom. The van der Waals surface area contributed by atoms with Crippen LogP contribution in [0.25, 0.3) is 0 Å². The van der Waals surface area contributed by atoms with Crippen LogP contribution in [0.15, 0.2) is 47.7 Å². The van der Waals surface area contributed by atoms with E-state index >= 15 is 0 Å². The van der Waals surface area contributed by atoms with Crippen molar-refractivity contribution in [1.82, 2.24) is 25.1 Å². The highest BCUT2D eigenvalue weighted by atomic mass is 16.5. The Bertz CT molecular complexity index is 715. The summed E-state index contributed by atoms with van der Waals surface area (Å²) in [4.78, 5) is 11.5. The number of ether oxygens (including phenoxy) is 1. The van der Waals surface area contributed by atoms with Crippen LogP contribution in [0, 0.1) is 0 Å². The molecule has 0 aliphatic rings. The minimum absolute atomic E-state index is 0.567. The van der Waals surface area contributed by atoms with Crippen molar-refractivity contribution in [3.63, 3.8) is 0 Å². The molecule has 2 aromatic rings. The number of nitrogens with zero attached hydrogens (tertiary/aromatic N) is 4. The third-order valence-corrected chi connectivity index (χ3v) is 4.91. The van der Waals surface area contributed by atoms with E-state index in [9.17, 15) is 0 Å². The Morgan fingerprint density at radius 2 is 2.00 bits per heavy atom. The van der Waals surface area contributed by atoms with Gasteiger partial charge in [0.05, 0.1) is 0 Å². The maximum absolute atomic E-state index is 5.11. The van der Waals surface area contributed by atoms with Gasteiger partial charge >= 0.3 is 0 Å². The summed E-state index contributed by atoms with van der Waals surface area (Å²) >= 11 is 0. The normalized spacial score (nSPS) is 11.8. The van der Waals surface area contributed by atoms with E-state index in [1.807, 2.05) is 12.4 Å².